The van der Waals surface area contributed by atoms with Gasteiger partial charge in [-0.1, -0.05) is 36.4 Å². The quantitative estimate of drug-likeness (QED) is 0.329. The van der Waals surface area contributed by atoms with Crippen molar-refractivity contribution in [2.24, 2.45) is 0 Å². The van der Waals surface area contributed by atoms with Crippen LogP contribution in [0.5, 0.6) is 0 Å². The number of ketones is 1. The molecule has 8 nitrogen and oxygen atoms in total. The lowest BCUT2D eigenvalue weighted by atomic mass is 10.1. The van der Waals surface area contributed by atoms with Crippen molar-refractivity contribution in [2.75, 3.05) is 13.2 Å². The smallest absolute Gasteiger partial charge is 0.420 e. The number of rotatable bonds is 9. The van der Waals surface area contributed by atoms with Crippen molar-refractivity contribution in [1.29, 1.82) is 0 Å². The summed E-state index contributed by atoms with van der Waals surface area (Å²) in [5.41, 5.74) is 2.34. The molecular formula is C22H22N2O6. The van der Waals surface area contributed by atoms with Gasteiger partial charge in [0.25, 0.3) is 0 Å². The molecule has 0 aliphatic carbocycles. The molecule has 0 atom stereocenters. The number of oxazole rings is 1. The third-order valence-corrected chi connectivity index (χ3v) is 4.52. The Kier molecular flexibility index (Phi) is 6.79. The fraction of sp³-hybridized carbons (Fsp3) is 0.273. The number of nitrogens with one attached hydrogen (secondary N) is 1. The van der Waals surface area contributed by atoms with Gasteiger partial charge >= 0.3 is 11.7 Å². The monoisotopic (exact) mass is 410 g/mol. The molecule has 8 heteroatoms. The zero-order chi connectivity index (χ0) is 21.5. The van der Waals surface area contributed by atoms with Gasteiger partial charge < -0.3 is 14.5 Å². The standard InChI is InChI=1S/C22H22N2O6/c1-15(25)23-12-4-5-16-8-10-17(11-9-16)19(26)14-29-21(27)13-24-18-6-2-3-7-20(18)30-22(24)28/h2-3,6-11H,4-5,12-14H2,1H3,(H,23,25). The molecule has 0 saturated heterocycles. The SMILES string of the molecule is CC(=O)NCCCc1ccc(C(=O)COC(=O)Cn2c(=O)oc3ccccc32)cc1. The molecule has 0 fully saturated rings. The third kappa shape index (κ3) is 5.44. The van der Waals surface area contributed by atoms with E-state index in [1.165, 1.54) is 6.92 Å². The molecule has 30 heavy (non-hydrogen) atoms. The summed E-state index contributed by atoms with van der Waals surface area (Å²) in [6.45, 7) is 1.32. The van der Waals surface area contributed by atoms with Gasteiger partial charge in [0, 0.05) is 19.0 Å². The molecule has 0 saturated carbocycles. The number of ether oxygens (including phenoxy) is 1. The van der Waals surface area contributed by atoms with Crippen LogP contribution in [-0.2, 0) is 27.3 Å². The van der Waals surface area contributed by atoms with Crippen molar-refractivity contribution >= 4 is 28.8 Å². The second-order valence-corrected chi connectivity index (χ2v) is 6.79. The molecule has 1 amide bonds. The number of aromatic nitrogens is 1. The number of para-hydroxylation sites is 2. The third-order valence-electron chi connectivity index (χ3n) is 4.52. The van der Waals surface area contributed by atoms with Crippen molar-refractivity contribution in [3.05, 3.63) is 70.2 Å². The molecule has 0 unspecified atom stereocenters. The summed E-state index contributed by atoms with van der Waals surface area (Å²) < 4.78 is 11.3. The van der Waals surface area contributed by atoms with E-state index >= 15 is 0 Å². The summed E-state index contributed by atoms with van der Waals surface area (Å²) in [5.74, 6) is -1.76. The highest BCUT2D eigenvalue weighted by Gasteiger charge is 2.15. The molecule has 0 bridgehead atoms. The van der Waals surface area contributed by atoms with Crippen LogP contribution in [0.1, 0.15) is 29.3 Å². The van der Waals surface area contributed by atoms with E-state index in [2.05, 4.69) is 5.32 Å². The highest BCUT2D eigenvalue weighted by Crippen LogP contribution is 2.12. The summed E-state index contributed by atoms with van der Waals surface area (Å²) >= 11 is 0. The van der Waals surface area contributed by atoms with Crippen molar-refractivity contribution in [3.63, 3.8) is 0 Å². The molecule has 3 aromatic rings. The van der Waals surface area contributed by atoms with Crippen LogP contribution in [0.4, 0.5) is 0 Å². The number of carbonyl (C=O) groups excluding carboxylic acids is 3. The Labute approximate surface area is 172 Å². The molecule has 0 spiro atoms. The molecule has 0 aliphatic rings. The van der Waals surface area contributed by atoms with Gasteiger partial charge in [-0.25, -0.2) is 4.79 Å². The van der Waals surface area contributed by atoms with Crippen molar-refractivity contribution in [1.82, 2.24) is 9.88 Å². The van der Waals surface area contributed by atoms with E-state index in [4.69, 9.17) is 9.15 Å². The molecule has 1 heterocycles. The van der Waals surface area contributed by atoms with Crippen LogP contribution in [0.2, 0.25) is 0 Å². The molecule has 1 N–H and O–H groups in total. The van der Waals surface area contributed by atoms with Crippen molar-refractivity contribution in [3.8, 4) is 0 Å². The number of aryl methyl sites for hydroxylation is 1. The maximum Gasteiger partial charge on any atom is 0.420 e. The predicted octanol–water partition coefficient (Wildman–Crippen LogP) is 2.09. The first-order valence-electron chi connectivity index (χ1n) is 9.54. The van der Waals surface area contributed by atoms with E-state index in [9.17, 15) is 19.2 Å². The Morgan fingerprint density at radius 2 is 1.80 bits per heavy atom. The minimum atomic E-state index is -0.702. The predicted molar refractivity (Wildman–Crippen MR) is 109 cm³/mol. The maximum absolute atomic E-state index is 12.3. The lowest BCUT2D eigenvalue weighted by Gasteiger charge is -2.06. The second-order valence-electron chi connectivity index (χ2n) is 6.79. The second kappa shape index (κ2) is 9.69. The maximum atomic E-state index is 12.3. The first-order chi connectivity index (χ1) is 14.4. The highest BCUT2D eigenvalue weighted by molar-refractivity contribution is 5.98. The Morgan fingerprint density at radius 1 is 1.07 bits per heavy atom. The van der Waals surface area contributed by atoms with Crippen LogP contribution < -0.4 is 11.1 Å². The summed E-state index contributed by atoms with van der Waals surface area (Å²) in [5, 5.41) is 2.73. The Balaban J connectivity index is 1.50. The van der Waals surface area contributed by atoms with Crippen LogP contribution in [0.15, 0.2) is 57.7 Å². The first kappa shape index (κ1) is 21.0. The minimum absolute atomic E-state index is 0.0590. The van der Waals surface area contributed by atoms with E-state index < -0.39 is 18.3 Å². The molecule has 156 valence electrons. The zero-order valence-corrected chi connectivity index (χ0v) is 16.6. The van der Waals surface area contributed by atoms with E-state index in [-0.39, 0.29) is 18.2 Å². The van der Waals surface area contributed by atoms with E-state index in [0.29, 0.717) is 23.2 Å². The number of carbonyl (C=O) groups is 3. The Hall–Kier alpha value is -3.68. The molecular weight excluding hydrogens is 388 g/mol. The van der Waals surface area contributed by atoms with Gasteiger partial charge in [-0.15, -0.1) is 0 Å². The van der Waals surface area contributed by atoms with Gasteiger partial charge in [0.15, 0.2) is 18.0 Å². The van der Waals surface area contributed by atoms with Crippen LogP contribution >= 0.6 is 0 Å². The summed E-state index contributed by atoms with van der Waals surface area (Å²) in [4.78, 5) is 47.1. The largest absolute Gasteiger partial charge is 0.456 e. The van der Waals surface area contributed by atoms with Crippen LogP contribution in [0.3, 0.4) is 0 Å². The fourth-order valence-corrected chi connectivity index (χ4v) is 2.98. The average Bonchev–Trinajstić information content (AvgIpc) is 3.05. The molecule has 3 rings (SSSR count). The van der Waals surface area contributed by atoms with Gasteiger partial charge in [-0.05, 0) is 30.5 Å². The van der Waals surface area contributed by atoms with Crippen molar-refractivity contribution < 1.29 is 23.5 Å². The molecule has 0 radical (unpaired) electrons. The number of hydrogen-bond donors (Lipinski definition) is 1. The van der Waals surface area contributed by atoms with Gasteiger partial charge in [0.05, 0.1) is 5.52 Å². The average molecular weight is 410 g/mol. The highest BCUT2D eigenvalue weighted by atomic mass is 16.5. The Bertz CT molecular complexity index is 1110. The van der Waals surface area contributed by atoms with Gasteiger partial charge in [0.2, 0.25) is 5.91 Å². The van der Waals surface area contributed by atoms with Crippen LogP contribution in [-0.4, -0.2) is 35.4 Å². The normalized spacial score (nSPS) is 10.7. The van der Waals surface area contributed by atoms with E-state index in [0.717, 1.165) is 23.0 Å². The molecule has 1 aromatic heterocycles. The summed E-state index contributed by atoms with van der Waals surface area (Å²) in [7, 11) is 0. The topological polar surface area (TPSA) is 108 Å². The zero-order valence-electron chi connectivity index (χ0n) is 16.6. The van der Waals surface area contributed by atoms with Crippen LogP contribution in [0, 0.1) is 0 Å². The number of amides is 1. The summed E-state index contributed by atoms with van der Waals surface area (Å²) in [6, 6.07) is 13.8. The van der Waals surface area contributed by atoms with E-state index in [1.807, 2.05) is 12.1 Å². The number of esters is 1. The van der Waals surface area contributed by atoms with Crippen molar-refractivity contribution in [2.45, 2.75) is 26.3 Å². The fourth-order valence-electron chi connectivity index (χ4n) is 2.98. The number of benzene rings is 2. The number of fused-ring (bicyclic) bond motifs is 1. The van der Waals surface area contributed by atoms with E-state index in [1.54, 1.807) is 36.4 Å². The minimum Gasteiger partial charge on any atom is -0.456 e. The Morgan fingerprint density at radius 3 is 2.53 bits per heavy atom. The number of nitrogens with zero attached hydrogens (tertiary/aromatic N) is 1. The van der Waals surface area contributed by atoms with Gasteiger partial charge in [-0.3, -0.25) is 19.0 Å². The lowest BCUT2D eigenvalue weighted by Crippen LogP contribution is -2.23. The molecule has 2 aromatic carbocycles. The number of Topliss-reactive ketones (excluding diaryl/α,β-unsaturated/α-hetero) is 1. The van der Waals surface area contributed by atoms with Gasteiger partial charge in [0.1, 0.15) is 6.54 Å². The number of hydrogen-bond acceptors (Lipinski definition) is 6. The first-order valence-corrected chi connectivity index (χ1v) is 9.54. The molecule has 0 aliphatic heterocycles. The summed E-state index contributed by atoms with van der Waals surface area (Å²) in [6.07, 6.45) is 1.57. The van der Waals surface area contributed by atoms with Gasteiger partial charge in [-0.2, -0.15) is 0 Å². The lowest BCUT2D eigenvalue weighted by molar-refractivity contribution is -0.143. The van der Waals surface area contributed by atoms with Crippen LogP contribution in [0.25, 0.3) is 11.1 Å².